The van der Waals surface area contributed by atoms with Gasteiger partial charge in [0, 0.05) is 32.7 Å². The molecule has 6 unspecified atom stereocenters. The first-order chi connectivity index (χ1) is 12.7. The molecule has 5 aliphatic rings. The Balaban J connectivity index is 1.13. The summed E-state index contributed by atoms with van der Waals surface area (Å²) >= 11 is 0. The van der Waals surface area contributed by atoms with Gasteiger partial charge in [0.25, 0.3) is 0 Å². The predicted molar refractivity (Wildman–Crippen MR) is 100 cm³/mol. The molecular weight excluding hydrogens is 322 g/mol. The molecule has 4 nitrogen and oxygen atoms in total. The average Bonchev–Trinajstić information content (AvgIpc) is 3.13. The van der Waals surface area contributed by atoms with Crippen LogP contribution in [0.3, 0.4) is 0 Å². The highest BCUT2D eigenvalue weighted by atomic mass is 16.5. The molecule has 1 aromatic rings. The number of hydrogen-bond donors (Lipinski definition) is 0. The number of nitrogens with zero attached hydrogens (tertiary/aromatic N) is 3. The Morgan fingerprint density at radius 2 is 2.04 bits per heavy atom. The highest BCUT2D eigenvalue weighted by molar-refractivity contribution is 5.62. The van der Waals surface area contributed by atoms with Crippen LogP contribution in [0.15, 0.2) is 18.2 Å². The van der Waals surface area contributed by atoms with Crippen molar-refractivity contribution in [1.29, 1.82) is 5.26 Å². The summed E-state index contributed by atoms with van der Waals surface area (Å²) in [7, 11) is 1.72. The Kier molecular flexibility index (Phi) is 3.05. The Morgan fingerprint density at radius 1 is 1.19 bits per heavy atom. The molecule has 1 saturated heterocycles. The van der Waals surface area contributed by atoms with E-state index < -0.39 is 0 Å². The molecular formula is C22H27N3O. The summed E-state index contributed by atoms with van der Waals surface area (Å²) in [6.45, 7) is 5.70. The van der Waals surface area contributed by atoms with Gasteiger partial charge in [-0.15, -0.1) is 0 Å². The summed E-state index contributed by atoms with van der Waals surface area (Å²) in [5.74, 6) is 6.42. The van der Waals surface area contributed by atoms with E-state index in [1.54, 1.807) is 26.4 Å². The smallest absolute Gasteiger partial charge is 0.142 e. The van der Waals surface area contributed by atoms with Gasteiger partial charge >= 0.3 is 0 Å². The van der Waals surface area contributed by atoms with E-state index in [2.05, 4.69) is 15.9 Å². The van der Waals surface area contributed by atoms with Crippen molar-refractivity contribution in [2.45, 2.75) is 19.3 Å². The lowest BCUT2D eigenvalue weighted by Crippen LogP contribution is -2.71. The molecule has 1 aromatic carbocycles. The van der Waals surface area contributed by atoms with Crippen molar-refractivity contribution < 1.29 is 4.74 Å². The second-order valence-corrected chi connectivity index (χ2v) is 9.39. The molecule has 0 radical (unpaired) electrons. The standard InChI is InChI=1S/C22H27N3O/c1-26-20-3-2-14(12-23)8-19(20)25-6-4-24(5-7-25)13-22-11-17-15-9-16(21(17)22)18(22)10-15/h2-3,8,15-18,21H,4-7,9-11,13H2,1H3. The van der Waals surface area contributed by atoms with Crippen LogP contribution in [-0.4, -0.2) is 44.7 Å². The molecule has 0 aromatic heterocycles. The quantitative estimate of drug-likeness (QED) is 0.838. The highest BCUT2D eigenvalue weighted by Gasteiger charge is 2.79. The second-order valence-electron chi connectivity index (χ2n) is 9.39. The van der Waals surface area contributed by atoms with Crippen molar-refractivity contribution >= 4 is 5.69 Å². The predicted octanol–water partition coefficient (Wildman–Crippen LogP) is 2.98. The van der Waals surface area contributed by atoms with Gasteiger partial charge in [-0.2, -0.15) is 5.26 Å². The maximum Gasteiger partial charge on any atom is 0.142 e. The third-order valence-electron chi connectivity index (χ3n) is 8.73. The Hall–Kier alpha value is -1.73. The molecule has 4 aliphatic carbocycles. The molecule has 0 N–H and O–H groups in total. The van der Waals surface area contributed by atoms with Gasteiger partial charge in [-0.25, -0.2) is 0 Å². The van der Waals surface area contributed by atoms with Crippen LogP contribution < -0.4 is 9.64 Å². The zero-order valence-electron chi connectivity index (χ0n) is 15.5. The first kappa shape index (κ1) is 15.3. The van der Waals surface area contributed by atoms with Gasteiger partial charge in [0.15, 0.2) is 0 Å². The third-order valence-corrected chi connectivity index (χ3v) is 8.73. The maximum atomic E-state index is 9.22. The first-order valence-corrected chi connectivity index (χ1v) is 10.3. The Morgan fingerprint density at radius 3 is 2.69 bits per heavy atom. The normalized spacial score (nSPS) is 42.2. The monoisotopic (exact) mass is 349 g/mol. The number of rotatable bonds is 4. The number of fused-ring (bicyclic) bond motifs is 3. The van der Waals surface area contributed by atoms with Crippen molar-refractivity contribution in [3.05, 3.63) is 23.8 Å². The largest absolute Gasteiger partial charge is 0.495 e. The lowest BCUT2D eigenvalue weighted by molar-refractivity contribution is -0.254. The number of methoxy groups -OCH3 is 1. The lowest BCUT2D eigenvalue weighted by Gasteiger charge is -2.73. The van der Waals surface area contributed by atoms with Crippen molar-refractivity contribution in [3.8, 4) is 11.8 Å². The van der Waals surface area contributed by atoms with Crippen LogP contribution in [0.25, 0.3) is 0 Å². The number of benzene rings is 1. The third kappa shape index (κ3) is 1.78. The minimum Gasteiger partial charge on any atom is -0.495 e. The minimum atomic E-state index is 0.712. The first-order valence-electron chi connectivity index (χ1n) is 10.3. The fourth-order valence-electron chi connectivity index (χ4n) is 7.83. The number of nitriles is 1. The van der Waals surface area contributed by atoms with E-state index in [-0.39, 0.29) is 0 Å². The zero-order chi connectivity index (χ0) is 17.5. The molecule has 6 rings (SSSR count). The number of ether oxygens (including phenoxy) is 1. The molecule has 1 aliphatic heterocycles. The van der Waals surface area contributed by atoms with Gasteiger partial charge in [-0.1, -0.05) is 0 Å². The van der Waals surface area contributed by atoms with Crippen LogP contribution in [0.2, 0.25) is 0 Å². The number of hydrogen-bond acceptors (Lipinski definition) is 4. The van der Waals surface area contributed by atoms with E-state index in [0.717, 1.165) is 72.6 Å². The molecule has 136 valence electrons. The highest BCUT2D eigenvalue weighted by Crippen LogP contribution is 2.84. The fraction of sp³-hybridized carbons (Fsp3) is 0.682. The van der Waals surface area contributed by atoms with Crippen LogP contribution in [0.5, 0.6) is 5.75 Å². The molecule has 1 heterocycles. The van der Waals surface area contributed by atoms with Crippen LogP contribution in [0.1, 0.15) is 24.8 Å². The topological polar surface area (TPSA) is 39.5 Å². The minimum absolute atomic E-state index is 0.712. The van der Waals surface area contributed by atoms with Gasteiger partial charge in [-0.05, 0) is 72.5 Å². The summed E-state index contributed by atoms with van der Waals surface area (Å²) in [6, 6.07) is 8.00. The summed E-state index contributed by atoms with van der Waals surface area (Å²) in [5, 5.41) is 9.22. The van der Waals surface area contributed by atoms with Gasteiger partial charge < -0.3 is 9.64 Å². The van der Waals surface area contributed by atoms with E-state index in [4.69, 9.17) is 4.74 Å². The van der Waals surface area contributed by atoms with E-state index >= 15 is 0 Å². The molecule has 5 fully saturated rings. The molecule has 4 heteroatoms. The molecule has 0 spiro atoms. The maximum absolute atomic E-state index is 9.22. The molecule has 26 heavy (non-hydrogen) atoms. The Labute approximate surface area is 155 Å². The molecule has 4 saturated carbocycles. The van der Waals surface area contributed by atoms with Crippen molar-refractivity contribution in [2.24, 2.45) is 35.0 Å². The van der Waals surface area contributed by atoms with Crippen LogP contribution >= 0.6 is 0 Å². The number of piperazine rings is 1. The van der Waals surface area contributed by atoms with Gasteiger partial charge in [-0.3, -0.25) is 4.90 Å². The lowest BCUT2D eigenvalue weighted by atomic mass is 9.32. The van der Waals surface area contributed by atoms with Crippen LogP contribution in [-0.2, 0) is 0 Å². The molecule has 0 amide bonds. The fourth-order valence-corrected chi connectivity index (χ4v) is 7.83. The van der Waals surface area contributed by atoms with Crippen LogP contribution in [0, 0.1) is 46.3 Å². The van der Waals surface area contributed by atoms with Gasteiger partial charge in [0.2, 0.25) is 0 Å². The summed E-state index contributed by atoms with van der Waals surface area (Å²) in [5.41, 5.74) is 2.52. The molecule has 6 atom stereocenters. The zero-order valence-corrected chi connectivity index (χ0v) is 15.5. The Bertz CT molecular complexity index is 782. The SMILES string of the molecule is COc1ccc(C#N)cc1N1CCN(CC23CC4C5CC(C2C5)C43)CC1. The second kappa shape index (κ2) is 5.16. The van der Waals surface area contributed by atoms with Gasteiger partial charge in [0.05, 0.1) is 24.4 Å². The van der Waals surface area contributed by atoms with Crippen molar-refractivity contribution in [1.82, 2.24) is 4.90 Å². The van der Waals surface area contributed by atoms with Gasteiger partial charge in [0.1, 0.15) is 5.75 Å². The van der Waals surface area contributed by atoms with E-state index in [9.17, 15) is 5.26 Å². The summed E-state index contributed by atoms with van der Waals surface area (Å²) in [6.07, 6.45) is 4.68. The number of anilines is 1. The van der Waals surface area contributed by atoms with Crippen LogP contribution in [0.4, 0.5) is 5.69 Å². The van der Waals surface area contributed by atoms with E-state index in [0.29, 0.717) is 5.56 Å². The average molecular weight is 349 g/mol. The van der Waals surface area contributed by atoms with Crippen molar-refractivity contribution in [2.75, 3.05) is 44.7 Å². The summed E-state index contributed by atoms with van der Waals surface area (Å²) < 4.78 is 5.54. The molecule has 2 bridgehead atoms. The van der Waals surface area contributed by atoms with E-state index in [1.807, 2.05) is 18.2 Å². The van der Waals surface area contributed by atoms with E-state index in [1.165, 1.54) is 6.54 Å². The summed E-state index contributed by atoms with van der Waals surface area (Å²) in [4.78, 5) is 5.13. The van der Waals surface area contributed by atoms with Crippen molar-refractivity contribution in [3.63, 3.8) is 0 Å².